The number of anilines is 1. The number of rotatable bonds is 9. The Hall–Kier alpha value is -3.27. The van der Waals surface area contributed by atoms with Gasteiger partial charge in [0.15, 0.2) is 0 Å². The zero-order chi connectivity index (χ0) is 24.3. The van der Waals surface area contributed by atoms with Crippen LogP contribution in [0.15, 0.2) is 77.7 Å². The Kier molecular flexibility index (Phi) is 6.97. The van der Waals surface area contributed by atoms with Gasteiger partial charge in [0.05, 0.1) is 21.7 Å². The number of nitrogens with one attached hydrogen (secondary N) is 2. The van der Waals surface area contributed by atoms with Crippen molar-refractivity contribution >= 4 is 43.2 Å². The summed E-state index contributed by atoms with van der Waals surface area (Å²) in [4.78, 5) is 16.0. The molecule has 0 aliphatic rings. The lowest BCUT2D eigenvalue weighted by atomic mass is 10.1. The van der Waals surface area contributed by atoms with Crippen molar-refractivity contribution in [1.29, 1.82) is 0 Å². The maximum absolute atomic E-state index is 12.6. The summed E-state index contributed by atoms with van der Waals surface area (Å²) in [6.45, 7) is 3.94. The first kappa shape index (κ1) is 23.9. The van der Waals surface area contributed by atoms with Gasteiger partial charge in [-0.25, -0.2) is 13.4 Å². The van der Waals surface area contributed by atoms with E-state index in [9.17, 15) is 18.3 Å². The van der Waals surface area contributed by atoms with Gasteiger partial charge in [0.1, 0.15) is 11.0 Å². The molecule has 34 heavy (non-hydrogen) atoms. The fourth-order valence-corrected chi connectivity index (χ4v) is 5.73. The molecule has 9 heteroatoms. The largest absolute Gasteiger partial charge is 0.480 e. The Morgan fingerprint density at radius 2 is 1.59 bits per heavy atom. The summed E-state index contributed by atoms with van der Waals surface area (Å²) in [6.07, 6.45) is 0. The van der Waals surface area contributed by atoms with Crippen LogP contribution in [0.3, 0.4) is 0 Å². The van der Waals surface area contributed by atoms with E-state index < -0.39 is 22.0 Å². The molecular weight excluding hydrogens is 470 g/mol. The first-order valence-corrected chi connectivity index (χ1v) is 13.1. The molecule has 176 valence electrons. The van der Waals surface area contributed by atoms with Crippen molar-refractivity contribution in [2.45, 2.75) is 31.3 Å². The normalized spacial score (nSPS) is 12.7. The van der Waals surface area contributed by atoms with Crippen molar-refractivity contribution in [2.75, 3.05) is 5.32 Å². The monoisotopic (exact) mass is 495 g/mol. The number of thiazole rings is 1. The van der Waals surface area contributed by atoms with Gasteiger partial charge in [-0.1, -0.05) is 50.2 Å². The van der Waals surface area contributed by atoms with Crippen molar-refractivity contribution in [3.05, 3.63) is 77.8 Å². The lowest BCUT2D eigenvalue weighted by Gasteiger charge is -2.18. The second kappa shape index (κ2) is 9.92. The molecule has 0 fully saturated rings. The van der Waals surface area contributed by atoms with E-state index in [1.807, 2.05) is 42.5 Å². The average Bonchev–Trinajstić information content (AvgIpc) is 3.24. The third kappa shape index (κ3) is 5.44. The van der Waals surface area contributed by atoms with E-state index in [2.05, 4.69) is 21.1 Å². The number of sulfonamides is 1. The van der Waals surface area contributed by atoms with Crippen LogP contribution in [0, 0.1) is 5.92 Å². The molecular formula is C25H25N3O4S2. The van der Waals surface area contributed by atoms with Crippen molar-refractivity contribution in [3.63, 3.8) is 0 Å². The molecule has 1 aromatic heterocycles. The van der Waals surface area contributed by atoms with E-state index in [1.54, 1.807) is 37.3 Å². The number of para-hydroxylation sites is 1. The highest BCUT2D eigenvalue weighted by Crippen LogP contribution is 2.25. The highest BCUT2D eigenvalue weighted by Gasteiger charge is 2.27. The van der Waals surface area contributed by atoms with E-state index in [-0.39, 0.29) is 10.8 Å². The van der Waals surface area contributed by atoms with Crippen LogP contribution in [-0.4, -0.2) is 30.5 Å². The molecule has 0 radical (unpaired) electrons. The predicted molar refractivity (Wildman–Crippen MR) is 135 cm³/mol. The minimum Gasteiger partial charge on any atom is -0.480 e. The van der Waals surface area contributed by atoms with Crippen LogP contribution in [-0.2, 0) is 21.4 Å². The Bertz CT molecular complexity index is 1360. The summed E-state index contributed by atoms with van der Waals surface area (Å²) >= 11 is 1.67. The highest BCUT2D eigenvalue weighted by atomic mass is 32.2. The molecule has 4 rings (SSSR count). The van der Waals surface area contributed by atoms with Crippen LogP contribution in [0.25, 0.3) is 21.3 Å². The first-order chi connectivity index (χ1) is 16.2. The summed E-state index contributed by atoms with van der Waals surface area (Å²) in [6, 6.07) is 21.1. The van der Waals surface area contributed by atoms with Crippen LogP contribution < -0.4 is 10.0 Å². The predicted octanol–water partition coefficient (Wildman–Crippen LogP) is 4.96. The fourth-order valence-electron chi connectivity index (χ4n) is 3.49. The fraction of sp³-hybridized carbons (Fsp3) is 0.200. The van der Waals surface area contributed by atoms with Gasteiger partial charge in [-0.15, -0.1) is 11.3 Å². The number of hydrogen-bond donors (Lipinski definition) is 3. The molecule has 7 nitrogen and oxygen atoms in total. The number of carboxylic acid groups (broad SMARTS) is 1. The highest BCUT2D eigenvalue weighted by molar-refractivity contribution is 7.89. The summed E-state index contributed by atoms with van der Waals surface area (Å²) in [5, 5.41) is 13.7. The summed E-state index contributed by atoms with van der Waals surface area (Å²) < 4.78 is 28.6. The van der Waals surface area contributed by atoms with Gasteiger partial charge in [-0.05, 0) is 53.4 Å². The van der Waals surface area contributed by atoms with E-state index in [0.29, 0.717) is 6.54 Å². The average molecular weight is 496 g/mol. The van der Waals surface area contributed by atoms with Crippen molar-refractivity contribution in [3.8, 4) is 11.1 Å². The Morgan fingerprint density at radius 1 is 0.971 bits per heavy atom. The van der Waals surface area contributed by atoms with E-state index in [0.717, 1.165) is 32.0 Å². The summed E-state index contributed by atoms with van der Waals surface area (Å²) in [5.41, 5.74) is 3.76. The van der Waals surface area contributed by atoms with Crippen LogP contribution in [0.4, 0.5) is 5.69 Å². The Balaban J connectivity index is 1.42. The number of aromatic nitrogens is 1. The topological polar surface area (TPSA) is 108 Å². The molecule has 3 aromatic carbocycles. The number of benzene rings is 3. The minimum atomic E-state index is -3.94. The van der Waals surface area contributed by atoms with Crippen molar-refractivity contribution in [2.24, 2.45) is 5.92 Å². The maximum atomic E-state index is 12.6. The van der Waals surface area contributed by atoms with E-state index in [1.165, 1.54) is 12.1 Å². The number of carboxylic acids is 1. The third-order valence-electron chi connectivity index (χ3n) is 5.38. The van der Waals surface area contributed by atoms with Crippen LogP contribution in [0.1, 0.15) is 18.9 Å². The van der Waals surface area contributed by atoms with Crippen LogP contribution in [0.2, 0.25) is 0 Å². The maximum Gasteiger partial charge on any atom is 0.322 e. The molecule has 0 unspecified atom stereocenters. The molecule has 4 aromatic rings. The van der Waals surface area contributed by atoms with Gasteiger partial charge in [0.2, 0.25) is 10.0 Å². The van der Waals surface area contributed by atoms with E-state index >= 15 is 0 Å². The molecule has 1 atom stereocenters. The smallest absolute Gasteiger partial charge is 0.322 e. The number of carbonyl (C=O) groups is 1. The zero-order valence-electron chi connectivity index (χ0n) is 18.7. The SMILES string of the molecule is CC(C)[C@H](NS(=O)(=O)c1ccc(-c2ccc(NCc3nc4ccccc4s3)cc2)cc1)C(=O)O. The quantitative estimate of drug-likeness (QED) is 0.303. The first-order valence-electron chi connectivity index (χ1n) is 10.8. The zero-order valence-corrected chi connectivity index (χ0v) is 20.4. The van der Waals surface area contributed by atoms with Crippen molar-refractivity contribution in [1.82, 2.24) is 9.71 Å². The van der Waals surface area contributed by atoms with Gasteiger partial charge in [0, 0.05) is 5.69 Å². The Labute approximate surface area is 202 Å². The van der Waals surface area contributed by atoms with Crippen LogP contribution in [0.5, 0.6) is 0 Å². The molecule has 0 saturated heterocycles. The lowest BCUT2D eigenvalue weighted by Crippen LogP contribution is -2.44. The lowest BCUT2D eigenvalue weighted by molar-refractivity contribution is -0.140. The molecule has 0 aliphatic heterocycles. The molecule has 0 bridgehead atoms. The van der Waals surface area contributed by atoms with Gasteiger partial charge >= 0.3 is 5.97 Å². The molecule has 0 amide bonds. The number of nitrogens with zero attached hydrogens (tertiary/aromatic N) is 1. The van der Waals surface area contributed by atoms with Crippen molar-refractivity contribution < 1.29 is 18.3 Å². The summed E-state index contributed by atoms with van der Waals surface area (Å²) in [5.74, 6) is -1.58. The minimum absolute atomic E-state index is 0.0253. The third-order valence-corrected chi connectivity index (χ3v) is 7.87. The number of aliphatic carboxylic acids is 1. The summed E-state index contributed by atoms with van der Waals surface area (Å²) in [7, 11) is -3.94. The molecule has 1 heterocycles. The molecule has 0 saturated carbocycles. The molecule has 0 spiro atoms. The second-order valence-electron chi connectivity index (χ2n) is 8.21. The van der Waals surface area contributed by atoms with Gasteiger partial charge < -0.3 is 10.4 Å². The standard InChI is InChI=1S/C25H25N3O4S2/c1-16(2)24(25(29)30)28-34(31,32)20-13-9-18(10-14-20)17-7-11-19(12-8-17)26-15-23-27-21-5-3-4-6-22(21)33-23/h3-14,16,24,26,28H,15H2,1-2H3,(H,29,30)/t24-/m0/s1. The molecule has 0 aliphatic carbocycles. The Morgan fingerprint density at radius 3 is 2.18 bits per heavy atom. The van der Waals surface area contributed by atoms with Crippen LogP contribution >= 0.6 is 11.3 Å². The second-order valence-corrected chi connectivity index (χ2v) is 11.0. The van der Waals surface area contributed by atoms with Gasteiger partial charge in [-0.3, -0.25) is 4.79 Å². The van der Waals surface area contributed by atoms with Gasteiger partial charge in [0.25, 0.3) is 0 Å². The molecule has 3 N–H and O–H groups in total. The number of hydrogen-bond acceptors (Lipinski definition) is 6. The van der Waals surface area contributed by atoms with Gasteiger partial charge in [-0.2, -0.15) is 4.72 Å². The van der Waals surface area contributed by atoms with E-state index in [4.69, 9.17) is 0 Å². The number of fused-ring (bicyclic) bond motifs is 1.